The lowest BCUT2D eigenvalue weighted by Gasteiger charge is -2.18. The monoisotopic (exact) mass is 218 g/mol. The van der Waals surface area contributed by atoms with E-state index in [1.807, 2.05) is 6.07 Å². The molecule has 0 aliphatic heterocycles. The molecule has 0 bridgehead atoms. The standard InChI is InChI=1S/C8H14N2O3S/c1-7(14(3,12)13)8(11)10(2)6-4-5-9/h7H,4,6H2,1-3H3/t7-/m0/s1. The Hall–Kier alpha value is -1.09. The molecule has 0 heterocycles. The van der Waals surface area contributed by atoms with E-state index in [2.05, 4.69) is 0 Å². The highest BCUT2D eigenvalue weighted by Crippen LogP contribution is 2.02. The molecule has 0 aromatic carbocycles. The number of hydrogen-bond donors (Lipinski definition) is 0. The van der Waals surface area contributed by atoms with Crippen LogP contribution in [0.5, 0.6) is 0 Å². The van der Waals surface area contributed by atoms with Crippen molar-refractivity contribution in [3.05, 3.63) is 0 Å². The summed E-state index contributed by atoms with van der Waals surface area (Å²) in [4.78, 5) is 12.7. The number of hydrogen-bond acceptors (Lipinski definition) is 4. The summed E-state index contributed by atoms with van der Waals surface area (Å²) in [5.74, 6) is -0.470. The first-order valence-electron chi connectivity index (χ1n) is 4.11. The van der Waals surface area contributed by atoms with Crippen LogP contribution in [0, 0.1) is 11.3 Å². The van der Waals surface area contributed by atoms with Gasteiger partial charge in [-0.05, 0) is 6.92 Å². The lowest BCUT2D eigenvalue weighted by molar-refractivity contribution is -0.129. The minimum absolute atomic E-state index is 0.207. The summed E-state index contributed by atoms with van der Waals surface area (Å²) in [5, 5.41) is 7.25. The first kappa shape index (κ1) is 12.9. The van der Waals surface area contributed by atoms with Gasteiger partial charge in [0.05, 0.1) is 12.5 Å². The van der Waals surface area contributed by atoms with E-state index in [4.69, 9.17) is 5.26 Å². The molecular formula is C8H14N2O3S. The van der Waals surface area contributed by atoms with Crippen molar-refractivity contribution in [3.8, 4) is 6.07 Å². The molecule has 0 rings (SSSR count). The van der Waals surface area contributed by atoms with Gasteiger partial charge in [0.25, 0.3) is 0 Å². The largest absolute Gasteiger partial charge is 0.344 e. The van der Waals surface area contributed by atoms with Gasteiger partial charge >= 0.3 is 0 Å². The molecule has 0 radical (unpaired) electrons. The van der Waals surface area contributed by atoms with Gasteiger partial charge in [0.15, 0.2) is 9.84 Å². The summed E-state index contributed by atoms with van der Waals surface area (Å²) >= 11 is 0. The van der Waals surface area contributed by atoms with Crippen LogP contribution in [-0.2, 0) is 14.6 Å². The van der Waals surface area contributed by atoms with E-state index in [0.29, 0.717) is 0 Å². The first-order valence-corrected chi connectivity index (χ1v) is 6.07. The van der Waals surface area contributed by atoms with Gasteiger partial charge in [-0.3, -0.25) is 4.79 Å². The first-order chi connectivity index (χ1) is 6.30. The number of carbonyl (C=O) groups is 1. The smallest absolute Gasteiger partial charge is 0.240 e. The van der Waals surface area contributed by atoms with Crippen molar-refractivity contribution in [2.45, 2.75) is 18.6 Å². The Morgan fingerprint density at radius 3 is 2.43 bits per heavy atom. The van der Waals surface area contributed by atoms with E-state index < -0.39 is 21.0 Å². The molecule has 0 saturated heterocycles. The average molecular weight is 218 g/mol. The van der Waals surface area contributed by atoms with Crippen LogP contribution in [0.2, 0.25) is 0 Å². The molecule has 0 unspecified atom stereocenters. The Morgan fingerprint density at radius 1 is 1.57 bits per heavy atom. The topological polar surface area (TPSA) is 78.2 Å². The summed E-state index contributed by atoms with van der Waals surface area (Å²) in [5.41, 5.74) is 0. The number of nitrogens with zero attached hydrogens (tertiary/aromatic N) is 2. The van der Waals surface area contributed by atoms with Crippen molar-refractivity contribution in [1.29, 1.82) is 5.26 Å². The molecule has 0 spiro atoms. The third-order valence-corrected chi connectivity index (χ3v) is 3.41. The van der Waals surface area contributed by atoms with Gasteiger partial charge < -0.3 is 4.90 Å². The average Bonchev–Trinajstić information content (AvgIpc) is 2.10. The molecule has 0 N–H and O–H groups in total. The summed E-state index contributed by atoms with van der Waals surface area (Å²) in [6.07, 6.45) is 1.23. The molecule has 5 nitrogen and oxygen atoms in total. The fraction of sp³-hybridized carbons (Fsp3) is 0.750. The third-order valence-electron chi connectivity index (χ3n) is 1.93. The van der Waals surface area contributed by atoms with E-state index in [-0.39, 0.29) is 13.0 Å². The normalized spacial score (nSPS) is 13.0. The molecule has 0 aromatic rings. The zero-order valence-electron chi connectivity index (χ0n) is 8.52. The second-order valence-electron chi connectivity index (χ2n) is 3.14. The predicted octanol–water partition coefficient (Wildman–Crippen LogP) is -0.208. The Kier molecular flexibility index (Phi) is 4.57. The number of nitriles is 1. The second-order valence-corrected chi connectivity index (χ2v) is 5.51. The van der Waals surface area contributed by atoms with Crippen molar-refractivity contribution < 1.29 is 13.2 Å². The van der Waals surface area contributed by atoms with Crippen molar-refractivity contribution in [2.75, 3.05) is 19.8 Å². The Labute approximate surface area is 84.2 Å². The molecule has 1 atom stereocenters. The van der Waals surface area contributed by atoms with Gasteiger partial charge in [0.1, 0.15) is 5.25 Å². The number of amides is 1. The van der Waals surface area contributed by atoms with Crippen LogP contribution >= 0.6 is 0 Å². The van der Waals surface area contributed by atoms with Crippen LogP contribution in [0.25, 0.3) is 0 Å². The van der Waals surface area contributed by atoms with E-state index >= 15 is 0 Å². The van der Waals surface area contributed by atoms with Crippen LogP contribution in [0.3, 0.4) is 0 Å². The number of rotatable bonds is 4. The van der Waals surface area contributed by atoms with Gasteiger partial charge in [0.2, 0.25) is 5.91 Å². The third kappa shape index (κ3) is 3.75. The highest BCUT2D eigenvalue weighted by Gasteiger charge is 2.25. The zero-order chi connectivity index (χ0) is 11.4. The maximum atomic E-state index is 11.4. The highest BCUT2D eigenvalue weighted by molar-refractivity contribution is 7.92. The van der Waals surface area contributed by atoms with Gasteiger partial charge in [-0.2, -0.15) is 5.26 Å². The van der Waals surface area contributed by atoms with Crippen LogP contribution in [0.4, 0.5) is 0 Å². The summed E-state index contributed by atoms with van der Waals surface area (Å²) in [6, 6.07) is 1.89. The zero-order valence-corrected chi connectivity index (χ0v) is 9.34. The van der Waals surface area contributed by atoms with E-state index in [9.17, 15) is 13.2 Å². The maximum Gasteiger partial charge on any atom is 0.240 e. The van der Waals surface area contributed by atoms with Crippen molar-refractivity contribution in [3.63, 3.8) is 0 Å². The Balaban J connectivity index is 4.42. The summed E-state index contributed by atoms with van der Waals surface area (Å²) in [6.45, 7) is 1.61. The van der Waals surface area contributed by atoms with Gasteiger partial charge in [0, 0.05) is 19.8 Å². The molecule has 1 amide bonds. The summed E-state index contributed by atoms with van der Waals surface area (Å²) < 4.78 is 22.1. The fourth-order valence-corrected chi connectivity index (χ4v) is 1.37. The van der Waals surface area contributed by atoms with Gasteiger partial charge in [-0.25, -0.2) is 8.42 Å². The van der Waals surface area contributed by atoms with Crippen LogP contribution < -0.4 is 0 Å². The van der Waals surface area contributed by atoms with Crippen LogP contribution in [-0.4, -0.2) is 44.3 Å². The lowest BCUT2D eigenvalue weighted by Crippen LogP contribution is -2.39. The molecule has 0 aliphatic carbocycles. The van der Waals surface area contributed by atoms with E-state index in [1.54, 1.807) is 0 Å². The molecule has 0 aliphatic rings. The fourth-order valence-electron chi connectivity index (χ4n) is 0.821. The molecular weight excluding hydrogens is 204 g/mol. The Bertz CT molecular complexity index is 342. The van der Waals surface area contributed by atoms with Gasteiger partial charge in [-0.1, -0.05) is 0 Å². The molecule has 0 saturated carbocycles. The number of carbonyl (C=O) groups excluding carboxylic acids is 1. The van der Waals surface area contributed by atoms with Crippen molar-refractivity contribution in [2.24, 2.45) is 0 Å². The second kappa shape index (κ2) is 4.96. The van der Waals surface area contributed by atoms with E-state index in [0.717, 1.165) is 6.26 Å². The van der Waals surface area contributed by atoms with Crippen molar-refractivity contribution >= 4 is 15.7 Å². The van der Waals surface area contributed by atoms with Crippen molar-refractivity contribution in [1.82, 2.24) is 4.90 Å². The Morgan fingerprint density at radius 2 is 2.07 bits per heavy atom. The molecule has 80 valence electrons. The van der Waals surface area contributed by atoms with E-state index in [1.165, 1.54) is 18.9 Å². The highest BCUT2D eigenvalue weighted by atomic mass is 32.2. The molecule has 0 fully saturated rings. The SMILES string of the molecule is C[C@@H](C(=O)N(C)CCC#N)S(C)(=O)=O. The van der Waals surface area contributed by atoms with Crippen LogP contribution in [0.1, 0.15) is 13.3 Å². The van der Waals surface area contributed by atoms with Gasteiger partial charge in [-0.15, -0.1) is 0 Å². The predicted molar refractivity (Wildman–Crippen MR) is 52.2 cm³/mol. The summed E-state index contributed by atoms with van der Waals surface area (Å²) in [7, 11) is -1.86. The minimum Gasteiger partial charge on any atom is -0.344 e. The lowest BCUT2D eigenvalue weighted by atomic mass is 10.3. The molecule has 0 aromatic heterocycles. The molecule has 6 heteroatoms. The van der Waals surface area contributed by atoms with Crippen LogP contribution in [0.15, 0.2) is 0 Å². The quantitative estimate of drug-likeness (QED) is 0.654. The number of sulfone groups is 1. The molecule has 14 heavy (non-hydrogen) atoms. The maximum absolute atomic E-state index is 11.4. The minimum atomic E-state index is -3.35.